The molecule has 0 unspecified atom stereocenters. The Morgan fingerprint density at radius 3 is 2.39 bits per heavy atom. The predicted molar refractivity (Wildman–Crippen MR) is 116 cm³/mol. The highest BCUT2D eigenvalue weighted by atomic mass is 32.2. The van der Waals surface area contributed by atoms with Crippen molar-refractivity contribution in [1.29, 1.82) is 5.26 Å². The Kier molecular flexibility index (Phi) is 5.79. The van der Waals surface area contributed by atoms with E-state index in [4.69, 9.17) is 5.26 Å². The predicted octanol–water partition coefficient (Wildman–Crippen LogP) is 2.31. The van der Waals surface area contributed by atoms with E-state index in [1.807, 2.05) is 42.2 Å². The van der Waals surface area contributed by atoms with Gasteiger partial charge in [-0.2, -0.15) is 9.57 Å². The first kappa shape index (κ1) is 20.7. The normalized spacial score (nSPS) is 14.8. The van der Waals surface area contributed by atoms with E-state index in [-0.39, 0.29) is 4.90 Å². The molecule has 0 amide bonds. The molecule has 1 saturated heterocycles. The first-order valence-corrected chi connectivity index (χ1v) is 11.2. The molecule has 1 aliphatic rings. The topological polar surface area (TPSA) is 115 Å². The minimum absolute atomic E-state index is 0.194. The molecule has 1 aromatic carbocycles. The van der Waals surface area contributed by atoms with Gasteiger partial charge in [-0.05, 0) is 43.3 Å². The molecule has 0 bridgehead atoms. The maximum atomic E-state index is 12.9. The number of piperazine rings is 1. The number of sulfonamides is 1. The Bertz CT molecular complexity index is 1200. The molecular weight excluding hydrogens is 414 g/mol. The molecule has 31 heavy (non-hydrogen) atoms. The number of aromatic nitrogens is 3. The highest BCUT2D eigenvalue weighted by Gasteiger charge is 2.29. The number of pyridine rings is 1. The molecule has 3 aromatic rings. The Morgan fingerprint density at radius 2 is 1.74 bits per heavy atom. The highest BCUT2D eigenvalue weighted by molar-refractivity contribution is 7.89. The van der Waals surface area contributed by atoms with Crippen LogP contribution in [0.4, 0.5) is 17.5 Å². The van der Waals surface area contributed by atoms with Crippen LogP contribution in [0.1, 0.15) is 11.4 Å². The highest BCUT2D eigenvalue weighted by Crippen LogP contribution is 2.23. The smallest absolute Gasteiger partial charge is 0.243 e. The SMILES string of the molecule is Cc1nc(Nc2ccccn2)cc(N2CCN(S(=O)(=O)c3ccc(C#N)cc3)CC2)n1. The fourth-order valence-corrected chi connectivity index (χ4v) is 4.78. The number of nitrogens with zero attached hydrogens (tertiary/aromatic N) is 6. The monoisotopic (exact) mass is 435 g/mol. The Morgan fingerprint density at radius 1 is 1.00 bits per heavy atom. The molecule has 1 aliphatic heterocycles. The van der Waals surface area contributed by atoms with Crippen LogP contribution in [0.2, 0.25) is 0 Å². The maximum absolute atomic E-state index is 12.9. The van der Waals surface area contributed by atoms with Crippen LogP contribution in [0.3, 0.4) is 0 Å². The van der Waals surface area contributed by atoms with E-state index in [1.54, 1.807) is 6.20 Å². The summed E-state index contributed by atoms with van der Waals surface area (Å²) in [6, 6.07) is 15.4. The largest absolute Gasteiger partial charge is 0.354 e. The van der Waals surface area contributed by atoms with Crippen molar-refractivity contribution in [1.82, 2.24) is 19.3 Å². The number of rotatable bonds is 5. The van der Waals surface area contributed by atoms with E-state index in [2.05, 4.69) is 20.3 Å². The van der Waals surface area contributed by atoms with Crippen LogP contribution in [0.15, 0.2) is 59.6 Å². The minimum atomic E-state index is -3.61. The summed E-state index contributed by atoms with van der Waals surface area (Å²) in [4.78, 5) is 15.4. The average molecular weight is 436 g/mol. The van der Waals surface area contributed by atoms with Gasteiger partial charge in [0, 0.05) is 38.4 Å². The van der Waals surface area contributed by atoms with Crippen LogP contribution < -0.4 is 10.2 Å². The van der Waals surface area contributed by atoms with Crippen molar-refractivity contribution in [3.8, 4) is 6.07 Å². The van der Waals surface area contributed by atoms with Gasteiger partial charge in [-0.25, -0.2) is 23.4 Å². The molecule has 158 valence electrons. The van der Waals surface area contributed by atoms with Gasteiger partial charge in [0.1, 0.15) is 23.3 Å². The quantitative estimate of drug-likeness (QED) is 0.649. The standard InChI is InChI=1S/C21H21N7O2S/c1-16-24-20(26-19-4-2-3-9-23-19)14-21(25-16)27-10-12-28(13-11-27)31(29,30)18-7-5-17(15-22)6-8-18/h2-9,14H,10-13H2,1H3,(H,23,24,25,26). The second kappa shape index (κ2) is 8.67. The van der Waals surface area contributed by atoms with Crippen LogP contribution in [-0.2, 0) is 10.0 Å². The van der Waals surface area contributed by atoms with Crippen molar-refractivity contribution < 1.29 is 8.42 Å². The van der Waals surface area contributed by atoms with Crippen LogP contribution in [0.25, 0.3) is 0 Å². The van der Waals surface area contributed by atoms with Crippen molar-refractivity contribution in [3.05, 3.63) is 66.1 Å². The lowest BCUT2D eigenvalue weighted by Crippen LogP contribution is -2.49. The van der Waals surface area contributed by atoms with Gasteiger partial charge in [-0.3, -0.25) is 0 Å². The summed E-state index contributed by atoms with van der Waals surface area (Å²) in [6.45, 7) is 3.52. The van der Waals surface area contributed by atoms with Crippen molar-refractivity contribution in [2.45, 2.75) is 11.8 Å². The van der Waals surface area contributed by atoms with E-state index in [9.17, 15) is 8.42 Å². The number of aryl methyl sites for hydroxylation is 1. The summed E-state index contributed by atoms with van der Waals surface area (Å²) in [5, 5.41) is 12.1. The first-order chi connectivity index (χ1) is 15.0. The van der Waals surface area contributed by atoms with Crippen LogP contribution >= 0.6 is 0 Å². The van der Waals surface area contributed by atoms with E-state index >= 15 is 0 Å². The zero-order chi connectivity index (χ0) is 21.8. The van der Waals surface area contributed by atoms with Crippen molar-refractivity contribution in [3.63, 3.8) is 0 Å². The Hall–Kier alpha value is -3.55. The fraction of sp³-hybridized carbons (Fsp3) is 0.238. The van der Waals surface area contributed by atoms with Crippen molar-refractivity contribution >= 4 is 27.5 Å². The van der Waals surface area contributed by atoms with E-state index in [0.29, 0.717) is 49.2 Å². The summed E-state index contributed by atoms with van der Waals surface area (Å²) in [5.41, 5.74) is 0.429. The molecular formula is C21H21N7O2S. The lowest BCUT2D eigenvalue weighted by molar-refractivity contribution is 0.383. The number of benzene rings is 1. The number of anilines is 3. The molecule has 0 spiro atoms. The molecule has 2 aromatic heterocycles. The van der Waals surface area contributed by atoms with Crippen LogP contribution in [-0.4, -0.2) is 53.9 Å². The van der Waals surface area contributed by atoms with Gasteiger partial charge in [0.05, 0.1) is 16.5 Å². The molecule has 1 fully saturated rings. The molecule has 4 rings (SSSR count). The fourth-order valence-electron chi connectivity index (χ4n) is 3.35. The lowest BCUT2D eigenvalue weighted by Gasteiger charge is -2.34. The van der Waals surface area contributed by atoms with Crippen molar-refractivity contribution in [2.75, 3.05) is 36.4 Å². The zero-order valence-electron chi connectivity index (χ0n) is 16.9. The average Bonchev–Trinajstić information content (AvgIpc) is 2.79. The molecule has 0 aliphatic carbocycles. The third-order valence-electron chi connectivity index (χ3n) is 4.93. The third-order valence-corrected chi connectivity index (χ3v) is 6.84. The maximum Gasteiger partial charge on any atom is 0.243 e. The number of nitriles is 1. The second-order valence-electron chi connectivity index (χ2n) is 7.03. The Balaban J connectivity index is 1.46. The Labute approximate surface area is 181 Å². The molecule has 0 atom stereocenters. The van der Waals surface area contributed by atoms with Gasteiger partial charge in [-0.15, -0.1) is 0 Å². The molecule has 9 nitrogen and oxygen atoms in total. The second-order valence-corrected chi connectivity index (χ2v) is 8.96. The number of hydrogen-bond donors (Lipinski definition) is 1. The number of hydrogen-bond acceptors (Lipinski definition) is 8. The molecule has 0 saturated carbocycles. The van der Waals surface area contributed by atoms with Gasteiger partial charge in [0.15, 0.2) is 0 Å². The van der Waals surface area contributed by atoms with E-state index in [1.165, 1.54) is 28.6 Å². The summed E-state index contributed by atoms with van der Waals surface area (Å²) in [5.74, 6) is 2.67. The molecule has 0 radical (unpaired) electrons. The molecule has 1 N–H and O–H groups in total. The summed E-state index contributed by atoms with van der Waals surface area (Å²) < 4.78 is 27.3. The van der Waals surface area contributed by atoms with E-state index in [0.717, 1.165) is 5.82 Å². The summed E-state index contributed by atoms with van der Waals surface area (Å²) in [6.07, 6.45) is 1.70. The van der Waals surface area contributed by atoms with Gasteiger partial charge in [-0.1, -0.05) is 6.07 Å². The number of nitrogens with one attached hydrogen (secondary N) is 1. The van der Waals surface area contributed by atoms with Gasteiger partial charge >= 0.3 is 0 Å². The zero-order valence-corrected chi connectivity index (χ0v) is 17.7. The van der Waals surface area contributed by atoms with E-state index < -0.39 is 10.0 Å². The molecule has 10 heteroatoms. The third kappa shape index (κ3) is 4.63. The van der Waals surface area contributed by atoms with Crippen LogP contribution in [0, 0.1) is 18.3 Å². The minimum Gasteiger partial charge on any atom is -0.354 e. The molecule has 3 heterocycles. The first-order valence-electron chi connectivity index (χ1n) is 9.75. The van der Waals surface area contributed by atoms with Gasteiger partial charge in [0.25, 0.3) is 0 Å². The summed E-state index contributed by atoms with van der Waals surface area (Å²) >= 11 is 0. The van der Waals surface area contributed by atoms with Gasteiger partial charge in [0.2, 0.25) is 10.0 Å². The lowest BCUT2D eigenvalue weighted by atomic mass is 10.2. The summed E-state index contributed by atoms with van der Waals surface area (Å²) in [7, 11) is -3.61. The van der Waals surface area contributed by atoms with Crippen LogP contribution in [0.5, 0.6) is 0 Å². The van der Waals surface area contributed by atoms with Gasteiger partial charge < -0.3 is 10.2 Å². The van der Waals surface area contributed by atoms with Crippen molar-refractivity contribution in [2.24, 2.45) is 0 Å².